The molecule has 1 unspecified atom stereocenters. The summed E-state index contributed by atoms with van der Waals surface area (Å²) in [6.45, 7) is 8.18. The Morgan fingerprint density at radius 2 is 2.12 bits per heavy atom. The van der Waals surface area contributed by atoms with Crippen LogP contribution in [0.5, 0.6) is 5.75 Å². The molecule has 0 aliphatic rings. The summed E-state index contributed by atoms with van der Waals surface area (Å²) in [5.41, 5.74) is 0.982. The van der Waals surface area contributed by atoms with E-state index >= 15 is 0 Å². The smallest absolute Gasteiger partial charge is 0.162 e. The van der Waals surface area contributed by atoms with Crippen molar-refractivity contribution in [1.82, 2.24) is 4.98 Å². The van der Waals surface area contributed by atoms with Gasteiger partial charge in [-0.1, -0.05) is 27.7 Å². The van der Waals surface area contributed by atoms with E-state index in [2.05, 4.69) is 25.8 Å². The molecule has 16 heavy (non-hydrogen) atoms. The Morgan fingerprint density at radius 3 is 2.69 bits per heavy atom. The van der Waals surface area contributed by atoms with Gasteiger partial charge in [0.15, 0.2) is 5.94 Å². The molecule has 0 saturated heterocycles. The Bertz CT molecular complexity index is 372. The molecular weight excluding hydrogens is 222 g/mol. The first-order chi connectivity index (χ1) is 7.43. The molecule has 0 bridgehead atoms. The second-order valence-corrected chi connectivity index (χ2v) is 6.31. The van der Waals surface area contributed by atoms with Gasteiger partial charge in [-0.15, -0.1) is 0 Å². The maximum Gasteiger partial charge on any atom is 0.162 e. The van der Waals surface area contributed by atoms with Gasteiger partial charge < -0.3 is 4.74 Å². The average Bonchev–Trinajstić information content (AvgIpc) is 2.25. The van der Waals surface area contributed by atoms with E-state index in [-0.39, 0.29) is 11.4 Å². The predicted molar refractivity (Wildman–Crippen MR) is 67.1 cm³/mol. The van der Waals surface area contributed by atoms with E-state index in [0.29, 0.717) is 5.75 Å². The van der Waals surface area contributed by atoms with Gasteiger partial charge >= 0.3 is 0 Å². The largest absolute Gasteiger partial charge is 0.480 e. The van der Waals surface area contributed by atoms with Gasteiger partial charge in [0.1, 0.15) is 5.75 Å². The molecule has 1 aromatic rings. The van der Waals surface area contributed by atoms with Crippen molar-refractivity contribution in [1.29, 1.82) is 0 Å². The molecular formula is C12H19NO2S. The van der Waals surface area contributed by atoms with Crippen molar-refractivity contribution in [2.45, 2.75) is 33.1 Å². The number of nitrogens with zero attached hydrogens (tertiary/aromatic N) is 1. The summed E-state index contributed by atoms with van der Waals surface area (Å²) in [6, 6.07) is 3.70. The molecule has 0 aromatic carbocycles. The van der Waals surface area contributed by atoms with Crippen LogP contribution >= 0.6 is 0 Å². The van der Waals surface area contributed by atoms with Gasteiger partial charge in [-0.3, -0.25) is 9.19 Å². The lowest BCUT2D eigenvalue weighted by Crippen LogP contribution is -2.14. The molecule has 0 aliphatic heterocycles. The average molecular weight is 241 g/mol. The number of pyridine rings is 1. The lowest BCUT2D eigenvalue weighted by Gasteiger charge is -2.18. The molecule has 1 rings (SSSR count). The van der Waals surface area contributed by atoms with Crippen molar-refractivity contribution in [2.24, 2.45) is 0 Å². The molecule has 0 N–H and O–H groups in total. The number of aromatic nitrogens is 1. The van der Waals surface area contributed by atoms with Crippen LogP contribution in [-0.2, 0) is 16.2 Å². The molecule has 0 spiro atoms. The minimum absolute atomic E-state index is 0.00325. The third-order valence-corrected chi connectivity index (χ3v) is 3.20. The van der Waals surface area contributed by atoms with Crippen molar-refractivity contribution >= 4 is 10.8 Å². The van der Waals surface area contributed by atoms with E-state index in [4.69, 9.17) is 4.74 Å². The fourth-order valence-corrected chi connectivity index (χ4v) is 1.56. The fraction of sp³-hybridized carbons (Fsp3) is 0.583. The van der Waals surface area contributed by atoms with Crippen LogP contribution in [0, 0.1) is 0 Å². The topological polar surface area (TPSA) is 39.2 Å². The van der Waals surface area contributed by atoms with Crippen LogP contribution in [0.2, 0.25) is 0 Å². The van der Waals surface area contributed by atoms with Crippen LogP contribution in [0.25, 0.3) is 0 Å². The van der Waals surface area contributed by atoms with Crippen LogP contribution in [0.3, 0.4) is 0 Å². The van der Waals surface area contributed by atoms with E-state index < -0.39 is 10.8 Å². The van der Waals surface area contributed by atoms with E-state index in [0.717, 1.165) is 11.4 Å². The first-order valence-corrected chi connectivity index (χ1v) is 6.86. The molecule has 4 heteroatoms. The fourth-order valence-electron chi connectivity index (χ4n) is 1.13. The molecule has 3 nitrogen and oxygen atoms in total. The van der Waals surface area contributed by atoms with Gasteiger partial charge in [-0.25, -0.2) is 0 Å². The van der Waals surface area contributed by atoms with Crippen molar-refractivity contribution in [2.75, 3.05) is 11.7 Å². The van der Waals surface area contributed by atoms with Crippen LogP contribution in [0.4, 0.5) is 0 Å². The predicted octanol–water partition coefficient (Wildman–Crippen LogP) is 2.48. The highest BCUT2D eigenvalue weighted by molar-refractivity contribution is 7.84. The lowest BCUT2D eigenvalue weighted by molar-refractivity contribution is 0.383. The summed E-state index contributed by atoms with van der Waals surface area (Å²) < 4.78 is 16.7. The summed E-state index contributed by atoms with van der Waals surface area (Å²) in [4.78, 5) is 4.30. The highest BCUT2D eigenvalue weighted by Gasteiger charge is 2.15. The Labute approximate surface area is 99.7 Å². The maximum atomic E-state index is 11.2. The van der Waals surface area contributed by atoms with Gasteiger partial charge in [0.25, 0.3) is 0 Å². The summed E-state index contributed by atoms with van der Waals surface area (Å²) >= 11 is 0. The number of ether oxygens (including phenoxy) is 1. The van der Waals surface area contributed by atoms with E-state index in [1.807, 2.05) is 13.0 Å². The Balaban J connectivity index is 2.72. The zero-order valence-corrected chi connectivity index (χ0v) is 11.1. The quantitative estimate of drug-likeness (QED) is 0.813. The van der Waals surface area contributed by atoms with E-state index in [9.17, 15) is 4.21 Å². The van der Waals surface area contributed by atoms with Crippen molar-refractivity contribution < 1.29 is 8.95 Å². The third kappa shape index (κ3) is 3.93. The third-order valence-electron chi connectivity index (χ3n) is 2.18. The van der Waals surface area contributed by atoms with Gasteiger partial charge in [0.2, 0.25) is 0 Å². The van der Waals surface area contributed by atoms with E-state index in [1.54, 1.807) is 12.3 Å². The second kappa shape index (κ2) is 5.43. The highest BCUT2D eigenvalue weighted by atomic mass is 32.2. The summed E-state index contributed by atoms with van der Waals surface area (Å²) in [6.07, 6.45) is 1.73. The van der Waals surface area contributed by atoms with Crippen LogP contribution in [-0.4, -0.2) is 20.9 Å². The Hall–Kier alpha value is -0.900. The summed E-state index contributed by atoms with van der Waals surface area (Å²) in [7, 11) is -0.898. The highest BCUT2D eigenvalue weighted by Crippen LogP contribution is 2.23. The van der Waals surface area contributed by atoms with Crippen molar-refractivity contribution in [3.05, 3.63) is 24.0 Å². The first kappa shape index (κ1) is 13.2. The van der Waals surface area contributed by atoms with Gasteiger partial charge in [-0.05, 0) is 6.07 Å². The maximum absolute atomic E-state index is 11.2. The number of hydrogen-bond acceptors (Lipinski definition) is 3. The molecule has 1 atom stereocenters. The standard InChI is InChI=1S/C12H19NO2S/c1-5-16(14)9-15-10-6-7-13-11(8-10)12(2,3)4/h6-8H,5,9H2,1-4H3. The molecule has 0 fully saturated rings. The molecule has 1 aromatic heterocycles. The van der Waals surface area contributed by atoms with Gasteiger partial charge in [-0.2, -0.15) is 0 Å². The summed E-state index contributed by atoms with van der Waals surface area (Å²) in [5.74, 6) is 1.61. The first-order valence-electron chi connectivity index (χ1n) is 5.38. The molecule has 0 amide bonds. The van der Waals surface area contributed by atoms with Crippen molar-refractivity contribution in [3.63, 3.8) is 0 Å². The number of hydrogen-bond donors (Lipinski definition) is 0. The zero-order chi connectivity index (χ0) is 12.2. The number of rotatable bonds is 4. The minimum Gasteiger partial charge on any atom is -0.480 e. The van der Waals surface area contributed by atoms with Crippen LogP contribution in [0.1, 0.15) is 33.4 Å². The normalized spacial score (nSPS) is 13.5. The monoisotopic (exact) mass is 241 g/mol. The van der Waals surface area contributed by atoms with Crippen LogP contribution < -0.4 is 4.74 Å². The van der Waals surface area contributed by atoms with E-state index in [1.165, 1.54) is 0 Å². The SMILES string of the molecule is CCS(=O)COc1ccnc(C(C)(C)C)c1. The Morgan fingerprint density at radius 1 is 1.44 bits per heavy atom. The lowest BCUT2D eigenvalue weighted by atomic mass is 9.92. The van der Waals surface area contributed by atoms with Gasteiger partial charge in [0.05, 0.1) is 10.8 Å². The molecule has 0 saturated carbocycles. The zero-order valence-electron chi connectivity index (χ0n) is 10.3. The molecule has 0 aliphatic carbocycles. The van der Waals surface area contributed by atoms with Crippen molar-refractivity contribution in [3.8, 4) is 5.75 Å². The molecule has 0 radical (unpaired) electrons. The Kier molecular flexibility index (Phi) is 4.47. The van der Waals surface area contributed by atoms with Gasteiger partial charge in [0, 0.05) is 29.1 Å². The summed E-state index contributed by atoms with van der Waals surface area (Å²) in [5, 5.41) is 0. The minimum atomic E-state index is -0.898. The molecule has 90 valence electrons. The second-order valence-electron chi connectivity index (χ2n) is 4.62. The van der Waals surface area contributed by atoms with Crippen LogP contribution in [0.15, 0.2) is 18.3 Å². The molecule has 1 heterocycles.